The second-order valence-electron chi connectivity index (χ2n) is 5.16. The summed E-state index contributed by atoms with van der Waals surface area (Å²) in [5.41, 5.74) is 1.25. The molecular formula is C15H19N5OS. The average molecular weight is 317 g/mol. The van der Waals surface area contributed by atoms with Gasteiger partial charge in [-0.15, -0.1) is 0 Å². The summed E-state index contributed by atoms with van der Waals surface area (Å²) in [5, 5.41) is 10.3. The molecule has 0 spiro atoms. The Bertz CT molecular complexity index is 589. The van der Waals surface area contributed by atoms with Gasteiger partial charge in [0, 0.05) is 32.0 Å². The summed E-state index contributed by atoms with van der Waals surface area (Å²) in [6.45, 7) is 2.01. The van der Waals surface area contributed by atoms with E-state index < -0.39 is 0 Å². The second kappa shape index (κ2) is 7.22. The van der Waals surface area contributed by atoms with E-state index in [1.807, 2.05) is 4.90 Å². The maximum atomic E-state index is 12.3. The van der Waals surface area contributed by atoms with Crippen molar-refractivity contribution in [1.29, 1.82) is 0 Å². The molecule has 3 heterocycles. The minimum Gasteiger partial charge on any atom is -0.367 e. The number of carbonyl (C=O) groups is 1. The summed E-state index contributed by atoms with van der Waals surface area (Å²) < 4.78 is 0. The number of hydrogen-bond donors (Lipinski definition) is 2. The van der Waals surface area contributed by atoms with Gasteiger partial charge >= 0.3 is 6.03 Å². The molecule has 2 amide bonds. The lowest BCUT2D eigenvalue weighted by molar-refractivity contribution is 0.193. The molecule has 6 nitrogen and oxygen atoms in total. The number of urea groups is 1. The van der Waals surface area contributed by atoms with Crippen molar-refractivity contribution < 1.29 is 4.79 Å². The van der Waals surface area contributed by atoms with Crippen LogP contribution in [0.25, 0.3) is 0 Å². The van der Waals surface area contributed by atoms with E-state index >= 15 is 0 Å². The minimum atomic E-state index is 0.00893. The Morgan fingerprint density at radius 1 is 1.41 bits per heavy atom. The van der Waals surface area contributed by atoms with E-state index in [0.29, 0.717) is 18.9 Å². The van der Waals surface area contributed by atoms with Gasteiger partial charge in [0.2, 0.25) is 0 Å². The summed E-state index contributed by atoms with van der Waals surface area (Å²) in [6.07, 6.45) is 7.03. The first kappa shape index (κ1) is 14.8. The predicted octanol–water partition coefficient (Wildman–Crippen LogP) is 2.50. The molecule has 0 unspecified atom stereocenters. The molecule has 0 saturated carbocycles. The van der Waals surface area contributed by atoms with Crippen molar-refractivity contribution in [3.63, 3.8) is 0 Å². The molecule has 1 aliphatic rings. The largest absolute Gasteiger partial charge is 0.367 e. The third-order valence-electron chi connectivity index (χ3n) is 3.71. The van der Waals surface area contributed by atoms with Crippen LogP contribution in [0, 0.1) is 0 Å². The molecule has 1 fully saturated rings. The van der Waals surface area contributed by atoms with Crippen molar-refractivity contribution in [1.82, 2.24) is 20.2 Å². The summed E-state index contributed by atoms with van der Waals surface area (Å²) in [7, 11) is 0. The SMILES string of the molecule is O=C(NCCNc1cnccn1)N1CCC[C@H]1c1ccsc1. The number of aromatic nitrogens is 2. The molecule has 7 heteroatoms. The van der Waals surface area contributed by atoms with Crippen LogP contribution in [0.4, 0.5) is 10.6 Å². The summed E-state index contributed by atoms with van der Waals surface area (Å²) in [4.78, 5) is 22.4. The first-order chi connectivity index (χ1) is 10.8. The van der Waals surface area contributed by atoms with Gasteiger partial charge in [-0.05, 0) is 35.2 Å². The quantitative estimate of drug-likeness (QED) is 0.831. The van der Waals surface area contributed by atoms with E-state index in [1.165, 1.54) is 5.56 Å². The van der Waals surface area contributed by atoms with E-state index in [2.05, 4.69) is 37.4 Å². The molecule has 0 aliphatic carbocycles. The Balaban J connectivity index is 1.45. The van der Waals surface area contributed by atoms with E-state index in [4.69, 9.17) is 0 Å². The molecule has 1 atom stereocenters. The second-order valence-corrected chi connectivity index (χ2v) is 5.94. The maximum Gasteiger partial charge on any atom is 0.317 e. The number of nitrogens with zero attached hydrogens (tertiary/aromatic N) is 3. The molecule has 0 bridgehead atoms. The number of amides is 2. The molecular weight excluding hydrogens is 298 g/mol. The number of thiophene rings is 1. The van der Waals surface area contributed by atoms with Crippen LogP contribution in [0.3, 0.4) is 0 Å². The fourth-order valence-electron chi connectivity index (χ4n) is 2.67. The van der Waals surface area contributed by atoms with E-state index in [9.17, 15) is 4.79 Å². The summed E-state index contributed by atoms with van der Waals surface area (Å²) >= 11 is 1.68. The van der Waals surface area contributed by atoms with Gasteiger partial charge in [-0.3, -0.25) is 4.98 Å². The molecule has 0 radical (unpaired) electrons. The van der Waals surface area contributed by atoms with Crippen LogP contribution in [0.15, 0.2) is 35.4 Å². The first-order valence-electron chi connectivity index (χ1n) is 7.41. The van der Waals surface area contributed by atoms with Gasteiger partial charge in [-0.2, -0.15) is 11.3 Å². The highest BCUT2D eigenvalue weighted by Gasteiger charge is 2.29. The molecule has 1 saturated heterocycles. The molecule has 2 aromatic heterocycles. The number of hydrogen-bond acceptors (Lipinski definition) is 5. The Morgan fingerprint density at radius 2 is 2.36 bits per heavy atom. The molecule has 22 heavy (non-hydrogen) atoms. The molecule has 2 aromatic rings. The highest BCUT2D eigenvalue weighted by atomic mass is 32.1. The van der Waals surface area contributed by atoms with E-state index in [1.54, 1.807) is 29.9 Å². The normalized spacial score (nSPS) is 17.5. The number of nitrogens with one attached hydrogen (secondary N) is 2. The number of anilines is 1. The molecule has 1 aliphatic heterocycles. The van der Waals surface area contributed by atoms with Crippen molar-refractivity contribution in [2.75, 3.05) is 25.0 Å². The van der Waals surface area contributed by atoms with Crippen molar-refractivity contribution in [3.8, 4) is 0 Å². The van der Waals surface area contributed by atoms with Crippen LogP contribution in [0.2, 0.25) is 0 Å². The lowest BCUT2D eigenvalue weighted by Gasteiger charge is -2.24. The van der Waals surface area contributed by atoms with Crippen LogP contribution in [-0.4, -0.2) is 40.5 Å². The van der Waals surface area contributed by atoms with Gasteiger partial charge < -0.3 is 15.5 Å². The van der Waals surface area contributed by atoms with Crippen LogP contribution in [0.1, 0.15) is 24.4 Å². The standard InChI is InChI=1S/C15H19N5OS/c21-15(19-7-6-18-14-10-16-4-5-17-14)20-8-1-2-13(20)12-3-9-22-11-12/h3-5,9-11,13H,1-2,6-8H2,(H,17,18)(H,19,21)/t13-/m0/s1. The van der Waals surface area contributed by atoms with Gasteiger partial charge in [0.25, 0.3) is 0 Å². The monoisotopic (exact) mass is 317 g/mol. The highest BCUT2D eigenvalue weighted by Crippen LogP contribution is 2.32. The topological polar surface area (TPSA) is 70.1 Å². The van der Waals surface area contributed by atoms with Crippen molar-refractivity contribution in [2.45, 2.75) is 18.9 Å². The smallest absolute Gasteiger partial charge is 0.317 e. The average Bonchev–Trinajstić information content (AvgIpc) is 3.22. The Labute approximate surface area is 133 Å². The molecule has 116 valence electrons. The predicted molar refractivity (Wildman–Crippen MR) is 86.9 cm³/mol. The molecule has 0 aromatic carbocycles. The van der Waals surface area contributed by atoms with Gasteiger partial charge in [0.15, 0.2) is 0 Å². The highest BCUT2D eigenvalue weighted by molar-refractivity contribution is 7.07. The zero-order valence-electron chi connectivity index (χ0n) is 12.2. The maximum absolute atomic E-state index is 12.3. The lowest BCUT2D eigenvalue weighted by Crippen LogP contribution is -2.41. The summed E-state index contributed by atoms with van der Waals surface area (Å²) in [6, 6.07) is 2.34. The fraction of sp³-hybridized carbons (Fsp3) is 0.400. The number of likely N-dealkylation sites (tertiary alicyclic amines) is 1. The van der Waals surface area contributed by atoms with E-state index in [-0.39, 0.29) is 12.1 Å². The Hall–Kier alpha value is -2.15. The van der Waals surface area contributed by atoms with Crippen molar-refractivity contribution in [3.05, 3.63) is 41.0 Å². The number of rotatable bonds is 5. The van der Waals surface area contributed by atoms with Crippen LogP contribution in [0.5, 0.6) is 0 Å². The van der Waals surface area contributed by atoms with Gasteiger partial charge in [0.05, 0.1) is 12.2 Å². The molecule has 2 N–H and O–H groups in total. The minimum absolute atomic E-state index is 0.00893. The molecule has 3 rings (SSSR count). The summed E-state index contributed by atoms with van der Waals surface area (Å²) in [5.74, 6) is 0.717. The fourth-order valence-corrected chi connectivity index (χ4v) is 3.38. The van der Waals surface area contributed by atoms with E-state index in [0.717, 1.165) is 19.4 Å². The van der Waals surface area contributed by atoms with Gasteiger partial charge in [-0.25, -0.2) is 9.78 Å². The van der Waals surface area contributed by atoms with Crippen LogP contribution >= 0.6 is 11.3 Å². The van der Waals surface area contributed by atoms with Gasteiger partial charge in [0.1, 0.15) is 5.82 Å². The Morgan fingerprint density at radius 3 is 3.14 bits per heavy atom. The van der Waals surface area contributed by atoms with Gasteiger partial charge in [-0.1, -0.05) is 0 Å². The van der Waals surface area contributed by atoms with Crippen LogP contribution < -0.4 is 10.6 Å². The first-order valence-corrected chi connectivity index (χ1v) is 8.35. The zero-order chi connectivity index (χ0) is 15.2. The lowest BCUT2D eigenvalue weighted by atomic mass is 10.1. The third kappa shape index (κ3) is 3.54. The Kier molecular flexibility index (Phi) is 4.85. The van der Waals surface area contributed by atoms with Crippen LogP contribution in [-0.2, 0) is 0 Å². The van der Waals surface area contributed by atoms with Crippen molar-refractivity contribution in [2.24, 2.45) is 0 Å². The number of carbonyl (C=O) groups excluding carboxylic acids is 1. The zero-order valence-corrected chi connectivity index (χ0v) is 13.1. The van der Waals surface area contributed by atoms with Crippen molar-refractivity contribution >= 4 is 23.2 Å². The third-order valence-corrected chi connectivity index (χ3v) is 4.41.